The Balaban J connectivity index is 1.61. The molecule has 2 aliphatic rings. The molecule has 1 fully saturated rings. The maximum absolute atomic E-state index is 10.6. The second kappa shape index (κ2) is 6.91. The molecule has 1 heterocycles. The Bertz CT molecular complexity index is 462. The minimum atomic E-state index is -0.325. The van der Waals surface area contributed by atoms with Gasteiger partial charge in [-0.2, -0.15) is 0 Å². The predicted molar refractivity (Wildman–Crippen MR) is 84.3 cm³/mol. The number of hydrogen-bond acceptors (Lipinski definition) is 3. The first-order chi connectivity index (χ1) is 10.3. The number of aliphatic hydroxyl groups excluding tert-OH is 1. The van der Waals surface area contributed by atoms with Crippen LogP contribution in [0.3, 0.4) is 0 Å². The maximum atomic E-state index is 10.6. The van der Waals surface area contributed by atoms with Crippen molar-refractivity contribution in [2.45, 2.75) is 57.3 Å². The van der Waals surface area contributed by atoms with E-state index in [2.05, 4.69) is 30.0 Å². The van der Waals surface area contributed by atoms with E-state index in [-0.39, 0.29) is 12.1 Å². The lowest BCUT2D eigenvalue weighted by atomic mass is 10.1. The molecule has 1 aromatic rings. The van der Waals surface area contributed by atoms with Crippen molar-refractivity contribution >= 4 is 0 Å². The summed E-state index contributed by atoms with van der Waals surface area (Å²) in [5.74, 6) is 0. The molecular weight excluding hydrogens is 262 g/mol. The molecule has 1 aromatic carbocycles. The molecule has 3 atom stereocenters. The smallest absolute Gasteiger partial charge is 0.0951 e. The lowest BCUT2D eigenvalue weighted by molar-refractivity contribution is 0.0353. The van der Waals surface area contributed by atoms with Crippen LogP contribution in [0.2, 0.25) is 0 Å². The molecule has 0 saturated carbocycles. The van der Waals surface area contributed by atoms with Gasteiger partial charge in [0.05, 0.1) is 12.2 Å². The molecule has 3 rings (SSSR count). The fourth-order valence-electron chi connectivity index (χ4n) is 3.75. The van der Waals surface area contributed by atoms with E-state index < -0.39 is 0 Å². The molecular formula is C18H27NO2. The first-order valence-electron chi connectivity index (χ1n) is 8.41. The zero-order valence-corrected chi connectivity index (χ0v) is 13.0. The highest BCUT2D eigenvalue weighted by atomic mass is 16.5. The zero-order chi connectivity index (χ0) is 14.7. The third-order valence-electron chi connectivity index (χ3n) is 4.90. The molecule has 3 unspecified atom stereocenters. The van der Waals surface area contributed by atoms with Gasteiger partial charge in [0.25, 0.3) is 0 Å². The lowest BCUT2D eigenvalue weighted by Crippen LogP contribution is -2.39. The van der Waals surface area contributed by atoms with Crippen LogP contribution in [0, 0.1) is 0 Å². The van der Waals surface area contributed by atoms with Crippen molar-refractivity contribution in [3.63, 3.8) is 0 Å². The Labute approximate surface area is 127 Å². The monoisotopic (exact) mass is 289 g/mol. The molecule has 1 N–H and O–H groups in total. The molecule has 0 amide bonds. The maximum Gasteiger partial charge on any atom is 0.0951 e. The van der Waals surface area contributed by atoms with Gasteiger partial charge in [-0.3, -0.25) is 4.90 Å². The number of fused-ring (bicyclic) bond motifs is 1. The van der Waals surface area contributed by atoms with Crippen LogP contribution in [0.25, 0.3) is 0 Å². The van der Waals surface area contributed by atoms with Crippen molar-refractivity contribution in [1.82, 2.24) is 4.90 Å². The Morgan fingerprint density at radius 1 is 1.24 bits per heavy atom. The summed E-state index contributed by atoms with van der Waals surface area (Å²) in [5.41, 5.74) is 2.45. The third kappa shape index (κ3) is 3.31. The fraction of sp³-hybridized carbons (Fsp3) is 0.667. The topological polar surface area (TPSA) is 32.7 Å². The number of likely N-dealkylation sites (tertiary alicyclic amines) is 1. The van der Waals surface area contributed by atoms with Crippen molar-refractivity contribution in [3.8, 4) is 0 Å². The molecule has 3 nitrogen and oxygen atoms in total. The van der Waals surface area contributed by atoms with E-state index in [0.717, 1.165) is 50.9 Å². The van der Waals surface area contributed by atoms with Gasteiger partial charge in [-0.1, -0.05) is 31.2 Å². The summed E-state index contributed by atoms with van der Waals surface area (Å²) >= 11 is 0. The van der Waals surface area contributed by atoms with Gasteiger partial charge in [0.2, 0.25) is 0 Å². The van der Waals surface area contributed by atoms with Gasteiger partial charge in [-0.15, -0.1) is 0 Å². The standard InChI is InChI=1S/C18H27NO2/c1-2-12-21-15-7-5-10-19(11-9-15)17-13-14-6-3-4-8-16(14)18(17)20/h3-4,6,8,15,17-18,20H,2,5,7,9-13H2,1H3. The average Bonchev–Trinajstić information content (AvgIpc) is 2.70. The number of hydrogen-bond donors (Lipinski definition) is 1. The van der Waals surface area contributed by atoms with Crippen LogP contribution in [0.4, 0.5) is 0 Å². The van der Waals surface area contributed by atoms with E-state index in [1.807, 2.05) is 6.07 Å². The third-order valence-corrected chi connectivity index (χ3v) is 4.90. The fourth-order valence-corrected chi connectivity index (χ4v) is 3.75. The molecule has 0 spiro atoms. The second-order valence-electron chi connectivity index (χ2n) is 6.37. The molecule has 1 saturated heterocycles. The van der Waals surface area contributed by atoms with Gasteiger partial charge in [0, 0.05) is 19.2 Å². The summed E-state index contributed by atoms with van der Waals surface area (Å²) in [5, 5.41) is 10.6. The number of aliphatic hydroxyl groups is 1. The number of nitrogens with zero attached hydrogens (tertiary/aromatic N) is 1. The molecule has 0 radical (unpaired) electrons. The summed E-state index contributed by atoms with van der Waals surface area (Å²) in [7, 11) is 0. The van der Waals surface area contributed by atoms with Crippen LogP contribution >= 0.6 is 0 Å². The van der Waals surface area contributed by atoms with Crippen LogP contribution in [-0.4, -0.2) is 41.8 Å². The zero-order valence-electron chi connectivity index (χ0n) is 13.0. The van der Waals surface area contributed by atoms with Crippen LogP contribution in [-0.2, 0) is 11.2 Å². The van der Waals surface area contributed by atoms with Crippen LogP contribution < -0.4 is 0 Å². The minimum absolute atomic E-state index is 0.257. The SMILES string of the molecule is CCCOC1CCCN(C2Cc3ccccc3C2O)CC1. The van der Waals surface area contributed by atoms with Crippen molar-refractivity contribution in [3.05, 3.63) is 35.4 Å². The van der Waals surface area contributed by atoms with Gasteiger partial charge in [-0.05, 0) is 49.8 Å². The molecule has 116 valence electrons. The molecule has 1 aliphatic carbocycles. The molecule has 3 heteroatoms. The number of rotatable bonds is 4. The number of benzene rings is 1. The van der Waals surface area contributed by atoms with Gasteiger partial charge < -0.3 is 9.84 Å². The van der Waals surface area contributed by atoms with Crippen molar-refractivity contribution < 1.29 is 9.84 Å². The van der Waals surface area contributed by atoms with Crippen molar-refractivity contribution in [2.24, 2.45) is 0 Å². The molecule has 0 aromatic heterocycles. The van der Waals surface area contributed by atoms with Crippen LogP contribution in [0.1, 0.15) is 49.8 Å². The highest BCUT2D eigenvalue weighted by Gasteiger charge is 2.35. The normalized spacial score (nSPS) is 30.1. The van der Waals surface area contributed by atoms with E-state index in [1.54, 1.807) is 0 Å². The Morgan fingerprint density at radius 3 is 2.90 bits per heavy atom. The molecule has 1 aliphatic heterocycles. The van der Waals surface area contributed by atoms with E-state index in [4.69, 9.17) is 4.74 Å². The Morgan fingerprint density at radius 2 is 2.10 bits per heavy atom. The van der Waals surface area contributed by atoms with Crippen LogP contribution in [0.15, 0.2) is 24.3 Å². The van der Waals surface area contributed by atoms with Crippen LogP contribution in [0.5, 0.6) is 0 Å². The van der Waals surface area contributed by atoms with Crippen molar-refractivity contribution in [2.75, 3.05) is 19.7 Å². The first kappa shape index (κ1) is 15.0. The Hall–Kier alpha value is -0.900. The van der Waals surface area contributed by atoms with Gasteiger partial charge in [-0.25, -0.2) is 0 Å². The minimum Gasteiger partial charge on any atom is -0.387 e. The lowest BCUT2D eigenvalue weighted by Gasteiger charge is -2.30. The second-order valence-corrected chi connectivity index (χ2v) is 6.37. The van der Waals surface area contributed by atoms with Crippen molar-refractivity contribution in [1.29, 1.82) is 0 Å². The highest BCUT2D eigenvalue weighted by Crippen LogP contribution is 2.35. The summed E-state index contributed by atoms with van der Waals surface area (Å²) in [6, 6.07) is 8.59. The summed E-state index contributed by atoms with van der Waals surface area (Å²) in [6.45, 7) is 5.17. The summed E-state index contributed by atoms with van der Waals surface area (Å²) < 4.78 is 5.92. The summed E-state index contributed by atoms with van der Waals surface area (Å²) in [4.78, 5) is 2.49. The average molecular weight is 289 g/mol. The molecule has 21 heavy (non-hydrogen) atoms. The van der Waals surface area contributed by atoms with E-state index >= 15 is 0 Å². The first-order valence-corrected chi connectivity index (χ1v) is 8.41. The quantitative estimate of drug-likeness (QED) is 0.925. The van der Waals surface area contributed by atoms with Gasteiger partial charge in [0.1, 0.15) is 0 Å². The number of ether oxygens (including phenoxy) is 1. The van der Waals surface area contributed by atoms with E-state index in [1.165, 1.54) is 12.0 Å². The van der Waals surface area contributed by atoms with E-state index in [0.29, 0.717) is 6.10 Å². The predicted octanol–water partition coefficient (Wildman–Crippen LogP) is 2.93. The van der Waals surface area contributed by atoms with Gasteiger partial charge in [0.15, 0.2) is 0 Å². The molecule has 0 bridgehead atoms. The Kier molecular flexibility index (Phi) is 4.94. The van der Waals surface area contributed by atoms with Gasteiger partial charge >= 0.3 is 0 Å². The highest BCUT2D eigenvalue weighted by molar-refractivity contribution is 5.35. The van der Waals surface area contributed by atoms with E-state index in [9.17, 15) is 5.11 Å². The summed E-state index contributed by atoms with van der Waals surface area (Å²) in [6.07, 6.45) is 5.60. The largest absolute Gasteiger partial charge is 0.387 e.